The van der Waals surface area contributed by atoms with E-state index in [-0.39, 0.29) is 23.5 Å². The minimum Gasteiger partial charge on any atom is -0.338 e. The van der Waals surface area contributed by atoms with Crippen molar-refractivity contribution in [2.24, 2.45) is 0 Å². The molecule has 0 radical (unpaired) electrons. The van der Waals surface area contributed by atoms with E-state index in [1.165, 1.54) is 0 Å². The first-order valence-electron chi connectivity index (χ1n) is 7.88. The molecule has 0 bridgehead atoms. The molecule has 24 heavy (non-hydrogen) atoms. The van der Waals surface area contributed by atoms with Gasteiger partial charge in [-0.1, -0.05) is 6.07 Å². The zero-order valence-corrected chi connectivity index (χ0v) is 14.9. The lowest BCUT2D eigenvalue weighted by molar-refractivity contribution is 0.0747. The van der Waals surface area contributed by atoms with Crippen LogP contribution in [0.15, 0.2) is 30.5 Å². The molecule has 1 amide bonds. The molecule has 1 unspecified atom stereocenters. The number of amides is 1. The Bertz CT molecular complexity index is 872. The number of hydrogen-bond acceptors (Lipinski definition) is 4. The SMILES string of the molecule is Cc1cc(C(=O)N(C)C2CCS(=O)(=O)C2)c(C)n1-c1ccccn1. The number of nitrogens with zero attached hydrogens (tertiary/aromatic N) is 3. The fourth-order valence-corrected chi connectivity index (χ4v) is 5.03. The average Bonchev–Trinajstić information content (AvgIpc) is 3.06. The van der Waals surface area contributed by atoms with E-state index in [1.807, 2.05) is 42.7 Å². The predicted octanol–water partition coefficient (Wildman–Crippen LogP) is 1.75. The molecule has 2 aromatic rings. The summed E-state index contributed by atoms with van der Waals surface area (Å²) in [5.41, 5.74) is 2.32. The first-order chi connectivity index (χ1) is 11.3. The second-order valence-corrected chi connectivity index (χ2v) is 8.51. The van der Waals surface area contributed by atoms with Gasteiger partial charge in [-0.3, -0.25) is 4.79 Å². The monoisotopic (exact) mass is 347 g/mol. The van der Waals surface area contributed by atoms with Crippen LogP contribution in [-0.4, -0.2) is 53.4 Å². The molecule has 3 rings (SSSR count). The molecule has 0 saturated carbocycles. The van der Waals surface area contributed by atoms with Gasteiger partial charge in [0.25, 0.3) is 5.91 Å². The Morgan fingerprint density at radius 3 is 2.67 bits per heavy atom. The summed E-state index contributed by atoms with van der Waals surface area (Å²) >= 11 is 0. The fourth-order valence-electron chi connectivity index (χ4n) is 3.25. The second-order valence-electron chi connectivity index (χ2n) is 6.28. The summed E-state index contributed by atoms with van der Waals surface area (Å²) in [4.78, 5) is 18.8. The van der Waals surface area contributed by atoms with Crippen molar-refractivity contribution in [1.29, 1.82) is 0 Å². The van der Waals surface area contributed by atoms with Gasteiger partial charge < -0.3 is 9.47 Å². The van der Waals surface area contributed by atoms with Gasteiger partial charge in [0.05, 0.1) is 17.1 Å². The molecular formula is C17H21N3O3S. The lowest BCUT2D eigenvalue weighted by Crippen LogP contribution is -2.38. The Morgan fingerprint density at radius 2 is 2.08 bits per heavy atom. The van der Waals surface area contributed by atoms with E-state index in [2.05, 4.69) is 4.98 Å². The maximum atomic E-state index is 12.9. The van der Waals surface area contributed by atoms with E-state index in [4.69, 9.17) is 0 Å². The van der Waals surface area contributed by atoms with Crippen LogP contribution < -0.4 is 0 Å². The van der Waals surface area contributed by atoms with Crippen molar-refractivity contribution >= 4 is 15.7 Å². The van der Waals surface area contributed by atoms with E-state index in [0.717, 1.165) is 17.2 Å². The van der Waals surface area contributed by atoms with Crippen LogP contribution >= 0.6 is 0 Å². The molecule has 0 spiro atoms. The van der Waals surface area contributed by atoms with Crippen molar-refractivity contribution in [2.45, 2.75) is 26.3 Å². The molecule has 1 aliphatic rings. The summed E-state index contributed by atoms with van der Waals surface area (Å²) < 4.78 is 25.3. The van der Waals surface area contributed by atoms with E-state index in [1.54, 1.807) is 18.1 Å². The molecule has 1 fully saturated rings. The highest BCUT2D eigenvalue weighted by Crippen LogP contribution is 2.23. The van der Waals surface area contributed by atoms with Crippen molar-refractivity contribution in [3.8, 4) is 5.82 Å². The molecule has 0 aliphatic carbocycles. The zero-order valence-electron chi connectivity index (χ0n) is 14.1. The number of hydrogen-bond donors (Lipinski definition) is 0. The van der Waals surface area contributed by atoms with Gasteiger partial charge in [-0.25, -0.2) is 13.4 Å². The van der Waals surface area contributed by atoms with E-state index in [9.17, 15) is 13.2 Å². The van der Waals surface area contributed by atoms with Crippen LogP contribution in [0.2, 0.25) is 0 Å². The number of sulfone groups is 1. The van der Waals surface area contributed by atoms with Crippen LogP contribution in [0, 0.1) is 13.8 Å². The zero-order chi connectivity index (χ0) is 17.5. The summed E-state index contributed by atoms with van der Waals surface area (Å²) in [5, 5.41) is 0. The Balaban J connectivity index is 1.92. The van der Waals surface area contributed by atoms with Crippen molar-refractivity contribution < 1.29 is 13.2 Å². The topological polar surface area (TPSA) is 72.3 Å². The standard InChI is InChI=1S/C17H21N3O3S/c1-12-10-15(13(2)20(12)16-6-4-5-8-18-16)17(21)19(3)14-7-9-24(22,23)11-14/h4-6,8,10,14H,7,9,11H2,1-3H3. The van der Waals surface area contributed by atoms with Crippen LogP contribution in [0.4, 0.5) is 0 Å². The summed E-state index contributed by atoms with van der Waals surface area (Å²) in [6.45, 7) is 3.81. The molecule has 6 nitrogen and oxygen atoms in total. The lowest BCUT2D eigenvalue weighted by atomic mass is 10.1. The second kappa shape index (κ2) is 6.05. The molecule has 2 aromatic heterocycles. The van der Waals surface area contributed by atoms with Crippen molar-refractivity contribution in [3.63, 3.8) is 0 Å². The quantitative estimate of drug-likeness (QED) is 0.848. The van der Waals surface area contributed by atoms with Crippen LogP contribution in [0.3, 0.4) is 0 Å². The summed E-state index contributed by atoms with van der Waals surface area (Å²) in [6, 6.07) is 7.23. The van der Waals surface area contributed by atoms with Gasteiger partial charge in [-0.15, -0.1) is 0 Å². The van der Waals surface area contributed by atoms with Gasteiger partial charge >= 0.3 is 0 Å². The van der Waals surface area contributed by atoms with E-state index in [0.29, 0.717) is 12.0 Å². The molecule has 1 saturated heterocycles. The largest absolute Gasteiger partial charge is 0.338 e. The summed E-state index contributed by atoms with van der Waals surface area (Å²) in [5.74, 6) is 0.821. The van der Waals surface area contributed by atoms with Crippen molar-refractivity contribution in [2.75, 3.05) is 18.6 Å². The van der Waals surface area contributed by atoms with Gasteiger partial charge in [-0.05, 0) is 38.5 Å². The molecule has 128 valence electrons. The van der Waals surface area contributed by atoms with Crippen LogP contribution in [0.25, 0.3) is 5.82 Å². The third-order valence-corrected chi connectivity index (χ3v) is 6.37. The third kappa shape index (κ3) is 2.96. The van der Waals surface area contributed by atoms with E-state index >= 15 is 0 Å². The highest BCUT2D eigenvalue weighted by atomic mass is 32.2. The van der Waals surface area contributed by atoms with E-state index < -0.39 is 9.84 Å². The summed E-state index contributed by atoms with van der Waals surface area (Å²) in [6.07, 6.45) is 2.22. The highest BCUT2D eigenvalue weighted by Gasteiger charge is 2.34. The minimum absolute atomic E-state index is 0.0498. The normalized spacial score (nSPS) is 19.4. The van der Waals surface area contributed by atoms with Crippen LogP contribution in [0.5, 0.6) is 0 Å². The molecule has 0 aromatic carbocycles. The van der Waals surface area contributed by atoms with Crippen LogP contribution in [-0.2, 0) is 9.84 Å². The van der Waals surface area contributed by atoms with Gasteiger partial charge in [0, 0.05) is 30.7 Å². The fraction of sp³-hybridized carbons (Fsp3) is 0.412. The Labute approximate surface area is 142 Å². The highest BCUT2D eigenvalue weighted by molar-refractivity contribution is 7.91. The Kier molecular flexibility index (Phi) is 4.21. The number of pyridine rings is 1. The average molecular weight is 347 g/mol. The number of carbonyl (C=O) groups is 1. The third-order valence-electron chi connectivity index (χ3n) is 4.62. The number of carbonyl (C=O) groups excluding carboxylic acids is 1. The summed E-state index contributed by atoms with van der Waals surface area (Å²) in [7, 11) is -1.34. The number of aryl methyl sites for hydroxylation is 1. The Morgan fingerprint density at radius 1 is 1.33 bits per heavy atom. The number of aromatic nitrogens is 2. The molecule has 3 heterocycles. The maximum Gasteiger partial charge on any atom is 0.255 e. The lowest BCUT2D eigenvalue weighted by Gasteiger charge is -2.23. The Hall–Kier alpha value is -2.15. The molecule has 1 atom stereocenters. The first kappa shape index (κ1) is 16.7. The molecule has 0 N–H and O–H groups in total. The molecule has 1 aliphatic heterocycles. The van der Waals surface area contributed by atoms with Crippen LogP contribution in [0.1, 0.15) is 28.2 Å². The molecule has 7 heteroatoms. The van der Waals surface area contributed by atoms with Gasteiger partial charge in [0.1, 0.15) is 5.82 Å². The van der Waals surface area contributed by atoms with Crippen molar-refractivity contribution in [1.82, 2.24) is 14.5 Å². The molecular weight excluding hydrogens is 326 g/mol. The van der Waals surface area contributed by atoms with Gasteiger partial charge in [-0.2, -0.15) is 0 Å². The minimum atomic E-state index is -3.02. The predicted molar refractivity (Wildman–Crippen MR) is 92.2 cm³/mol. The van der Waals surface area contributed by atoms with Gasteiger partial charge in [0.15, 0.2) is 9.84 Å². The van der Waals surface area contributed by atoms with Crippen molar-refractivity contribution in [3.05, 3.63) is 47.4 Å². The smallest absolute Gasteiger partial charge is 0.255 e. The maximum absolute atomic E-state index is 12.9. The number of rotatable bonds is 3. The van der Waals surface area contributed by atoms with Gasteiger partial charge in [0.2, 0.25) is 0 Å². The first-order valence-corrected chi connectivity index (χ1v) is 9.70.